The number of rotatable bonds is 2. The van der Waals surface area contributed by atoms with Crippen molar-refractivity contribution in [1.82, 2.24) is 0 Å². The highest BCUT2D eigenvalue weighted by Gasteiger charge is 2.41. The average molecular weight is 251 g/mol. The number of hydrogen-bond donors (Lipinski definition) is 1. The first-order valence-corrected chi connectivity index (χ1v) is 6.13. The number of halogens is 2. The Morgan fingerprint density at radius 2 is 1.89 bits per heavy atom. The van der Waals surface area contributed by atoms with Gasteiger partial charge in [-0.2, -0.15) is 5.26 Å². The second-order valence-electron chi connectivity index (χ2n) is 4.90. The van der Waals surface area contributed by atoms with Gasteiger partial charge in [-0.3, -0.25) is 0 Å². The molecule has 1 atom stereocenters. The molecule has 2 rings (SSSR count). The molecule has 18 heavy (non-hydrogen) atoms. The molecule has 1 unspecified atom stereocenters. The van der Waals surface area contributed by atoms with Crippen molar-refractivity contribution in [2.75, 3.05) is 0 Å². The normalized spacial score (nSPS) is 20.1. The minimum Gasteiger partial charge on any atom is -0.387 e. The summed E-state index contributed by atoms with van der Waals surface area (Å²) in [6, 6.07) is 5.10. The minimum atomic E-state index is -1.27. The molecule has 0 heterocycles. The third-order valence-corrected chi connectivity index (χ3v) is 3.74. The van der Waals surface area contributed by atoms with Crippen molar-refractivity contribution in [3.05, 3.63) is 35.4 Å². The molecule has 0 radical (unpaired) electrons. The van der Waals surface area contributed by atoms with Crippen molar-refractivity contribution in [2.45, 2.75) is 38.2 Å². The zero-order chi connectivity index (χ0) is 13.2. The highest BCUT2D eigenvalue weighted by atomic mass is 19.1. The van der Waals surface area contributed by atoms with Gasteiger partial charge >= 0.3 is 0 Å². The first-order valence-electron chi connectivity index (χ1n) is 6.13. The third kappa shape index (κ3) is 2.23. The number of aliphatic hydroxyl groups excluding tert-OH is 1. The summed E-state index contributed by atoms with van der Waals surface area (Å²) < 4.78 is 26.8. The molecule has 1 aliphatic rings. The van der Waals surface area contributed by atoms with Crippen molar-refractivity contribution in [3.8, 4) is 6.07 Å². The van der Waals surface area contributed by atoms with Crippen LogP contribution in [0, 0.1) is 28.4 Å². The van der Waals surface area contributed by atoms with Crippen LogP contribution in [0.25, 0.3) is 0 Å². The van der Waals surface area contributed by atoms with Crippen molar-refractivity contribution >= 4 is 0 Å². The van der Waals surface area contributed by atoms with Crippen molar-refractivity contribution < 1.29 is 13.9 Å². The van der Waals surface area contributed by atoms with Crippen LogP contribution in [-0.2, 0) is 0 Å². The molecule has 0 spiro atoms. The molecule has 0 bridgehead atoms. The van der Waals surface area contributed by atoms with E-state index in [4.69, 9.17) is 0 Å². The summed E-state index contributed by atoms with van der Waals surface area (Å²) >= 11 is 0. The van der Waals surface area contributed by atoms with Gasteiger partial charge in [0.1, 0.15) is 17.7 Å². The van der Waals surface area contributed by atoms with Gasteiger partial charge in [0.15, 0.2) is 0 Å². The Morgan fingerprint density at radius 3 is 2.50 bits per heavy atom. The molecule has 0 aliphatic heterocycles. The number of hydrogen-bond acceptors (Lipinski definition) is 2. The lowest BCUT2D eigenvalue weighted by atomic mass is 9.69. The molecule has 0 saturated heterocycles. The lowest BCUT2D eigenvalue weighted by Crippen LogP contribution is -2.30. The van der Waals surface area contributed by atoms with E-state index in [2.05, 4.69) is 6.07 Å². The fourth-order valence-corrected chi connectivity index (χ4v) is 2.65. The van der Waals surface area contributed by atoms with Crippen molar-refractivity contribution in [3.63, 3.8) is 0 Å². The predicted octanol–water partition coefficient (Wildman–Crippen LogP) is 3.47. The topological polar surface area (TPSA) is 44.0 Å². The van der Waals surface area contributed by atoms with Gasteiger partial charge in [0.25, 0.3) is 0 Å². The summed E-state index contributed by atoms with van der Waals surface area (Å²) in [5, 5.41) is 19.6. The number of benzene rings is 1. The van der Waals surface area contributed by atoms with Crippen LogP contribution in [0.1, 0.15) is 43.8 Å². The van der Waals surface area contributed by atoms with Crippen LogP contribution in [0.4, 0.5) is 8.78 Å². The monoisotopic (exact) mass is 251 g/mol. The predicted molar refractivity (Wildman–Crippen MR) is 62.4 cm³/mol. The maximum Gasteiger partial charge on any atom is 0.129 e. The van der Waals surface area contributed by atoms with Crippen LogP contribution in [0.2, 0.25) is 0 Å². The van der Waals surface area contributed by atoms with Gasteiger partial charge in [-0.15, -0.1) is 0 Å². The van der Waals surface area contributed by atoms with E-state index in [1.54, 1.807) is 0 Å². The van der Waals surface area contributed by atoms with E-state index in [1.165, 1.54) is 0 Å². The van der Waals surface area contributed by atoms with Crippen LogP contribution >= 0.6 is 0 Å². The van der Waals surface area contributed by atoms with Gasteiger partial charge < -0.3 is 5.11 Å². The van der Waals surface area contributed by atoms with E-state index in [1.807, 2.05) is 0 Å². The summed E-state index contributed by atoms with van der Waals surface area (Å²) in [6.45, 7) is 0. The molecule has 1 aromatic carbocycles. The molecule has 1 saturated carbocycles. The SMILES string of the molecule is N#CC1(C(O)c2cc(F)ccc2F)CCCCC1. The van der Waals surface area contributed by atoms with Crippen molar-refractivity contribution in [1.29, 1.82) is 5.26 Å². The highest BCUT2D eigenvalue weighted by molar-refractivity contribution is 5.25. The molecule has 1 aromatic rings. The maximum atomic E-state index is 13.6. The van der Waals surface area contributed by atoms with E-state index < -0.39 is 23.2 Å². The summed E-state index contributed by atoms with van der Waals surface area (Å²) in [5.74, 6) is -1.27. The molecule has 1 aliphatic carbocycles. The van der Waals surface area contributed by atoms with Crippen LogP contribution in [-0.4, -0.2) is 5.11 Å². The van der Waals surface area contributed by atoms with E-state index in [0.29, 0.717) is 12.8 Å². The second-order valence-corrected chi connectivity index (χ2v) is 4.90. The molecular weight excluding hydrogens is 236 g/mol. The second kappa shape index (κ2) is 5.03. The minimum absolute atomic E-state index is 0.113. The standard InChI is InChI=1S/C14H15F2NO/c15-10-4-5-12(16)11(8-10)13(18)14(9-17)6-2-1-3-7-14/h4-5,8,13,18H,1-3,6-7H2. The molecule has 96 valence electrons. The Kier molecular flexibility index (Phi) is 3.63. The van der Waals surface area contributed by atoms with Crippen LogP contribution in [0.3, 0.4) is 0 Å². The van der Waals surface area contributed by atoms with Crippen LogP contribution in [0.5, 0.6) is 0 Å². The van der Waals surface area contributed by atoms with Gasteiger partial charge in [-0.1, -0.05) is 19.3 Å². The van der Waals surface area contributed by atoms with Gasteiger partial charge in [-0.05, 0) is 31.0 Å². The first-order chi connectivity index (χ1) is 8.59. The van der Waals surface area contributed by atoms with Crippen LogP contribution in [0.15, 0.2) is 18.2 Å². The summed E-state index contributed by atoms with van der Waals surface area (Å²) in [5.41, 5.74) is -1.09. The van der Waals surface area contributed by atoms with E-state index >= 15 is 0 Å². The zero-order valence-electron chi connectivity index (χ0n) is 10.00. The Morgan fingerprint density at radius 1 is 1.22 bits per heavy atom. The summed E-state index contributed by atoms with van der Waals surface area (Å²) in [4.78, 5) is 0. The molecule has 0 aromatic heterocycles. The van der Waals surface area contributed by atoms with Gasteiger partial charge in [0.2, 0.25) is 0 Å². The number of nitriles is 1. The lowest BCUT2D eigenvalue weighted by Gasteiger charge is -2.35. The largest absolute Gasteiger partial charge is 0.387 e. The van der Waals surface area contributed by atoms with E-state index in [0.717, 1.165) is 37.5 Å². The van der Waals surface area contributed by atoms with Gasteiger partial charge in [0, 0.05) is 5.56 Å². The van der Waals surface area contributed by atoms with Crippen molar-refractivity contribution in [2.24, 2.45) is 5.41 Å². The summed E-state index contributed by atoms with van der Waals surface area (Å²) in [6.07, 6.45) is 2.48. The molecule has 1 fully saturated rings. The third-order valence-electron chi connectivity index (χ3n) is 3.74. The fourth-order valence-electron chi connectivity index (χ4n) is 2.65. The Hall–Kier alpha value is -1.47. The molecule has 2 nitrogen and oxygen atoms in total. The number of nitrogens with zero attached hydrogens (tertiary/aromatic N) is 1. The molecular formula is C14H15F2NO. The molecule has 0 amide bonds. The summed E-state index contributed by atoms with van der Waals surface area (Å²) in [7, 11) is 0. The highest BCUT2D eigenvalue weighted by Crippen LogP contribution is 2.46. The van der Waals surface area contributed by atoms with Gasteiger partial charge in [-0.25, -0.2) is 8.78 Å². The number of aliphatic hydroxyl groups is 1. The van der Waals surface area contributed by atoms with E-state index in [-0.39, 0.29) is 5.56 Å². The molecule has 1 N–H and O–H groups in total. The fraction of sp³-hybridized carbons (Fsp3) is 0.500. The van der Waals surface area contributed by atoms with Crippen LogP contribution < -0.4 is 0 Å². The smallest absolute Gasteiger partial charge is 0.129 e. The maximum absolute atomic E-state index is 13.6. The Balaban J connectivity index is 2.37. The average Bonchev–Trinajstić information content (AvgIpc) is 2.41. The Bertz CT molecular complexity index is 475. The first kappa shape index (κ1) is 13.0. The molecule has 4 heteroatoms. The van der Waals surface area contributed by atoms with E-state index in [9.17, 15) is 19.1 Å². The Labute approximate surface area is 105 Å². The van der Waals surface area contributed by atoms with Gasteiger partial charge in [0.05, 0.1) is 11.5 Å². The quantitative estimate of drug-likeness (QED) is 0.874. The lowest BCUT2D eigenvalue weighted by molar-refractivity contribution is 0.0331. The zero-order valence-corrected chi connectivity index (χ0v) is 10.00.